The largest absolute Gasteiger partial charge is 0.389 e. The van der Waals surface area contributed by atoms with Gasteiger partial charge in [0.15, 0.2) is 5.79 Å². The SMILES string of the molecule is CC1(C)OC[C@@H](N)[C@H](O)CO1.NC1CCCCOO1. The summed E-state index contributed by atoms with van der Waals surface area (Å²) in [5.74, 6) is -0.616. The number of aliphatic hydroxyl groups excluding tert-OH is 1. The first-order chi connectivity index (χ1) is 8.91. The Morgan fingerprint density at radius 2 is 1.79 bits per heavy atom. The number of ether oxygens (including phenoxy) is 2. The maximum atomic E-state index is 9.26. The summed E-state index contributed by atoms with van der Waals surface area (Å²) in [7, 11) is 0. The lowest BCUT2D eigenvalue weighted by molar-refractivity contribution is -0.316. The average Bonchev–Trinajstić information content (AvgIpc) is 2.66. The van der Waals surface area contributed by atoms with Crippen molar-refractivity contribution in [3.8, 4) is 0 Å². The van der Waals surface area contributed by atoms with Crippen LogP contribution >= 0.6 is 0 Å². The van der Waals surface area contributed by atoms with E-state index in [9.17, 15) is 5.11 Å². The third-order valence-electron chi connectivity index (χ3n) is 2.88. The van der Waals surface area contributed by atoms with Crippen molar-refractivity contribution in [1.82, 2.24) is 0 Å². The zero-order chi connectivity index (χ0) is 14.3. The summed E-state index contributed by atoms with van der Waals surface area (Å²) in [6, 6.07) is -0.336. The number of nitrogens with two attached hydrogens (primary N) is 2. The number of aliphatic hydroxyl groups is 1. The first-order valence-corrected chi connectivity index (χ1v) is 6.66. The standard InChI is InChI=1S/C7H15NO3.C5H11NO2/c1-7(2)10-3-5(8)6(9)4-11-7;6-5-3-1-2-4-7-8-5/h5-6,9H,3-4,8H2,1-2H3;5H,1-4,6H2/t5-,6-;/m1./s1. The van der Waals surface area contributed by atoms with Gasteiger partial charge in [0.1, 0.15) is 6.23 Å². The predicted molar refractivity (Wildman–Crippen MR) is 68.8 cm³/mol. The molecule has 5 N–H and O–H groups in total. The van der Waals surface area contributed by atoms with Crippen LogP contribution in [-0.2, 0) is 19.2 Å². The third kappa shape index (κ3) is 7.17. The summed E-state index contributed by atoms with van der Waals surface area (Å²) in [5.41, 5.74) is 10.9. The number of hydrogen-bond donors (Lipinski definition) is 3. The Balaban J connectivity index is 0.000000200. The van der Waals surface area contributed by atoms with Crippen molar-refractivity contribution in [2.24, 2.45) is 11.5 Å². The first-order valence-electron chi connectivity index (χ1n) is 6.66. The van der Waals surface area contributed by atoms with Gasteiger partial charge >= 0.3 is 0 Å². The summed E-state index contributed by atoms with van der Waals surface area (Å²) in [5, 5.41) is 9.26. The van der Waals surface area contributed by atoms with Gasteiger partial charge in [0, 0.05) is 0 Å². The Bertz CT molecular complexity index is 230. The second-order valence-corrected chi connectivity index (χ2v) is 5.21. The molecule has 0 saturated carbocycles. The number of hydrogen-bond acceptors (Lipinski definition) is 7. The Kier molecular flexibility index (Phi) is 7.16. The van der Waals surface area contributed by atoms with Crippen molar-refractivity contribution in [2.45, 2.75) is 57.3 Å². The van der Waals surface area contributed by atoms with Crippen molar-refractivity contribution in [1.29, 1.82) is 0 Å². The van der Waals surface area contributed by atoms with E-state index in [0.717, 1.165) is 19.3 Å². The molecule has 2 saturated heterocycles. The molecule has 0 aromatic heterocycles. The van der Waals surface area contributed by atoms with E-state index in [1.54, 1.807) is 13.8 Å². The molecule has 114 valence electrons. The highest BCUT2D eigenvalue weighted by atomic mass is 17.2. The highest BCUT2D eigenvalue weighted by Gasteiger charge is 2.28. The van der Waals surface area contributed by atoms with E-state index >= 15 is 0 Å². The normalized spacial score (nSPS) is 35.5. The van der Waals surface area contributed by atoms with Gasteiger partial charge in [0.2, 0.25) is 0 Å². The molecule has 0 aliphatic carbocycles. The monoisotopic (exact) mass is 278 g/mol. The van der Waals surface area contributed by atoms with Crippen LogP contribution in [0, 0.1) is 0 Å². The molecule has 2 fully saturated rings. The number of rotatable bonds is 0. The van der Waals surface area contributed by atoms with E-state index in [2.05, 4.69) is 9.78 Å². The molecule has 7 heteroatoms. The van der Waals surface area contributed by atoms with Crippen LogP contribution in [0.25, 0.3) is 0 Å². The van der Waals surface area contributed by atoms with Crippen LogP contribution < -0.4 is 11.5 Å². The summed E-state index contributed by atoms with van der Waals surface area (Å²) < 4.78 is 10.5. The first kappa shape index (κ1) is 16.8. The molecule has 2 heterocycles. The van der Waals surface area contributed by atoms with Crippen LogP contribution in [0.4, 0.5) is 0 Å². The molecule has 1 unspecified atom stereocenters. The molecule has 19 heavy (non-hydrogen) atoms. The zero-order valence-electron chi connectivity index (χ0n) is 11.7. The second-order valence-electron chi connectivity index (χ2n) is 5.21. The minimum atomic E-state index is -0.616. The van der Waals surface area contributed by atoms with Gasteiger partial charge in [0.05, 0.1) is 32.0 Å². The molecule has 0 spiro atoms. The molecule has 0 bridgehead atoms. The lowest BCUT2D eigenvalue weighted by Gasteiger charge is -2.22. The Morgan fingerprint density at radius 3 is 2.53 bits per heavy atom. The Hall–Kier alpha value is -0.280. The maximum absolute atomic E-state index is 9.26. The van der Waals surface area contributed by atoms with Crippen LogP contribution in [0.5, 0.6) is 0 Å². The fourth-order valence-corrected chi connectivity index (χ4v) is 1.55. The van der Waals surface area contributed by atoms with Crippen LogP contribution in [0.3, 0.4) is 0 Å². The maximum Gasteiger partial charge on any atom is 0.162 e. The molecule has 7 nitrogen and oxygen atoms in total. The van der Waals surface area contributed by atoms with Gasteiger partial charge in [-0.15, -0.1) is 0 Å². The van der Waals surface area contributed by atoms with Crippen molar-refractivity contribution < 1.29 is 24.4 Å². The minimum absolute atomic E-state index is 0.197. The molecular formula is C12H26N2O5. The quantitative estimate of drug-likeness (QED) is 0.529. The van der Waals surface area contributed by atoms with Crippen molar-refractivity contribution in [3.05, 3.63) is 0 Å². The minimum Gasteiger partial charge on any atom is -0.389 e. The second kappa shape index (κ2) is 8.11. The molecule has 0 radical (unpaired) electrons. The van der Waals surface area contributed by atoms with E-state index in [1.165, 1.54) is 0 Å². The predicted octanol–water partition coefficient (Wildman–Crippen LogP) is -0.139. The van der Waals surface area contributed by atoms with E-state index in [-0.39, 0.29) is 18.9 Å². The lowest BCUT2D eigenvalue weighted by atomic mass is 10.2. The zero-order valence-corrected chi connectivity index (χ0v) is 11.7. The lowest BCUT2D eigenvalue weighted by Crippen LogP contribution is -2.39. The average molecular weight is 278 g/mol. The molecular weight excluding hydrogens is 252 g/mol. The molecule has 0 amide bonds. The van der Waals surface area contributed by atoms with Crippen LogP contribution in [0.1, 0.15) is 33.1 Å². The highest BCUT2D eigenvalue weighted by Crippen LogP contribution is 2.16. The molecule has 0 aromatic carbocycles. The van der Waals surface area contributed by atoms with Gasteiger partial charge in [-0.25, -0.2) is 9.78 Å². The molecule has 3 atom stereocenters. The topological polar surface area (TPSA) is 109 Å². The Morgan fingerprint density at radius 1 is 1.11 bits per heavy atom. The van der Waals surface area contributed by atoms with Crippen molar-refractivity contribution >= 4 is 0 Å². The van der Waals surface area contributed by atoms with Crippen LogP contribution in [0.15, 0.2) is 0 Å². The van der Waals surface area contributed by atoms with Crippen LogP contribution in [-0.4, -0.2) is 49.1 Å². The summed E-state index contributed by atoms with van der Waals surface area (Å²) >= 11 is 0. The van der Waals surface area contributed by atoms with Gasteiger partial charge in [-0.05, 0) is 33.1 Å². The fourth-order valence-electron chi connectivity index (χ4n) is 1.55. The van der Waals surface area contributed by atoms with Crippen LogP contribution in [0.2, 0.25) is 0 Å². The van der Waals surface area contributed by atoms with E-state index in [0.29, 0.717) is 13.2 Å². The van der Waals surface area contributed by atoms with E-state index < -0.39 is 11.9 Å². The third-order valence-corrected chi connectivity index (χ3v) is 2.88. The molecule has 2 rings (SSSR count). The molecule has 2 aliphatic heterocycles. The van der Waals surface area contributed by atoms with Crippen molar-refractivity contribution in [2.75, 3.05) is 19.8 Å². The molecule has 2 aliphatic rings. The van der Waals surface area contributed by atoms with Gasteiger partial charge in [-0.2, -0.15) is 0 Å². The summed E-state index contributed by atoms with van der Waals surface area (Å²) in [6.45, 7) is 4.88. The fraction of sp³-hybridized carbons (Fsp3) is 1.00. The summed E-state index contributed by atoms with van der Waals surface area (Å²) in [4.78, 5) is 9.36. The van der Waals surface area contributed by atoms with Gasteiger partial charge in [-0.3, -0.25) is 0 Å². The highest BCUT2D eigenvalue weighted by molar-refractivity contribution is 4.75. The van der Waals surface area contributed by atoms with Gasteiger partial charge < -0.3 is 26.0 Å². The van der Waals surface area contributed by atoms with Gasteiger partial charge in [-0.1, -0.05) is 0 Å². The van der Waals surface area contributed by atoms with E-state index in [1.807, 2.05) is 0 Å². The van der Waals surface area contributed by atoms with Crippen molar-refractivity contribution in [3.63, 3.8) is 0 Å². The van der Waals surface area contributed by atoms with Gasteiger partial charge in [0.25, 0.3) is 0 Å². The smallest absolute Gasteiger partial charge is 0.162 e. The van der Waals surface area contributed by atoms with E-state index in [4.69, 9.17) is 20.9 Å². The summed E-state index contributed by atoms with van der Waals surface area (Å²) in [6.07, 6.45) is 2.28. The Labute approximate surface area is 114 Å². The molecule has 0 aromatic rings.